The predicted octanol–water partition coefficient (Wildman–Crippen LogP) is 3.44. The van der Waals surface area contributed by atoms with E-state index >= 15 is 0 Å². The average molecular weight is 309 g/mol. The fourth-order valence-electron chi connectivity index (χ4n) is 1.81. The molecule has 1 atom stereocenters. The fraction of sp³-hybridized carbons (Fsp3) is 0.500. The first kappa shape index (κ1) is 17.8. The molecule has 22 heavy (non-hydrogen) atoms. The summed E-state index contributed by atoms with van der Waals surface area (Å²) in [4.78, 5) is 23.1. The summed E-state index contributed by atoms with van der Waals surface area (Å²) in [6.45, 7) is 8.81. The van der Waals surface area contributed by atoms with Gasteiger partial charge < -0.3 is 19.6 Å². The van der Waals surface area contributed by atoms with Gasteiger partial charge in [-0.05, 0) is 58.7 Å². The number of nitrogens with one attached hydrogen (secondary N) is 1. The van der Waals surface area contributed by atoms with Crippen LogP contribution in [-0.4, -0.2) is 28.8 Å². The maximum Gasteiger partial charge on any atom is 0.408 e. The Kier molecular flexibility index (Phi) is 5.79. The Morgan fingerprint density at radius 3 is 2.45 bits per heavy atom. The van der Waals surface area contributed by atoms with Crippen LogP contribution in [0, 0.1) is 0 Å². The van der Waals surface area contributed by atoms with Gasteiger partial charge in [0.2, 0.25) is 0 Å². The van der Waals surface area contributed by atoms with Gasteiger partial charge in [0.25, 0.3) is 0 Å². The number of hydrogen-bond donors (Lipinski definition) is 2. The molecule has 0 aromatic carbocycles. The second-order valence-electron chi connectivity index (χ2n) is 6.12. The van der Waals surface area contributed by atoms with Crippen molar-refractivity contribution in [1.29, 1.82) is 0 Å². The number of carbonyl (C=O) groups is 2. The van der Waals surface area contributed by atoms with E-state index < -0.39 is 23.7 Å². The second-order valence-corrected chi connectivity index (χ2v) is 6.12. The molecule has 0 spiro atoms. The Balaban J connectivity index is 2.79. The third kappa shape index (κ3) is 5.63. The Bertz CT molecular complexity index is 552. The maximum atomic E-state index is 11.7. The molecule has 0 radical (unpaired) electrons. The van der Waals surface area contributed by atoms with Gasteiger partial charge in [-0.15, -0.1) is 0 Å². The third-order valence-electron chi connectivity index (χ3n) is 3.03. The summed E-state index contributed by atoms with van der Waals surface area (Å²) >= 11 is 0. The zero-order valence-electron chi connectivity index (χ0n) is 13.6. The van der Waals surface area contributed by atoms with Crippen LogP contribution in [-0.2, 0) is 9.53 Å². The molecule has 0 saturated heterocycles. The van der Waals surface area contributed by atoms with E-state index in [0.717, 1.165) is 11.1 Å². The molecule has 1 aromatic rings. The Morgan fingerprint density at radius 2 is 2.00 bits per heavy atom. The number of alkyl carbamates (subject to hydrolysis) is 1. The number of carbonyl (C=O) groups excluding carboxylic acids is 1. The highest BCUT2D eigenvalue weighted by Gasteiger charge is 2.24. The van der Waals surface area contributed by atoms with Crippen molar-refractivity contribution < 1.29 is 23.8 Å². The number of hydrogen-bond acceptors (Lipinski definition) is 4. The molecule has 0 bridgehead atoms. The van der Waals surface area contributed by atoms with E-state index in [0.29, 0.717) is 5.76 Å². The highest BCUT2D eigenvalue weighted by molar-refractivity contribution is 5.80. The summed E-state index contributed by atoms with van der Waals surface area (Å²) in [5, 5.41) is 11.6. The van der Waals surface area contributed by atoms with Gasteiger partial charge in [0.15, 0.2) is 0 Å². The standard InChI is InChI=1S/C16H23NO5/c1-10(11(2)13-7-6-8-21-13)9-12(14(18)19)17-15(20)22-16(3,4)5/h6-8,12H,9H2,1-5H3,(H,17,20)(H,18,19)/b11-10+/t12-/m0/s1. The second kappa shape index (κ2) is 7.15. The summed E-state index contributed by atoms with van der Waals surface area (Å²) in [6, 6.07) is 2.51. The summed E-state index contributed by atoms with van der Waals surface area (Å²) in [6.07, 6.45) is 0.976. The van der Waals surface area contributed by atoms with Crippen LogP contribution in [0.4, 0.5) is 4.79 Å². The van der Waals surface area contributed by atoms with Gasteiger partial charge in [-0.3, -0.25) is 0 Å². The van der Waals surface area contributed by atoms with Gasteiger partial charge in [0, 0.05) is 0 Å². The lowest BCUT2D eigenvalue weighted by Gasteiger charge is -2.22. The minimum absolute atomic E-state index is 0.168. The molecule has 1 heterocycles. The lowest BCUT2D eigenvalue weighted by molar-refractivity contribution is -0.139. The summed E-state index contributed by atoms with van der Waals surface area (Å²) in [5.41, 5.74) is 0.989. The number of allylic oxidation sites excluding steroid dienone is 1. The summed E-state index contributed by atoms with van der Waals surface area (Å²) < 4.78 is 10.4. The SMILES string of the molecule is C/C(C[C@H](NC(=O)OC(C)(C)C)C(=O)O)=C(/C)c1ccco1. The quantitative estimate of drug-likeness (QED) is 0.869. The normalized spacial score (nSPS) is 14.0. The number of aliphatic carboxylic acids is 1. The number of rotatable bonds is 5. The van der Waals surface area contributed by atoms with Crippen molar-refractivity contribution in [2.75, 3.05) is 0 Å². The minimum atomic E-state index is -1.11. The maximum absolute atomic E-state index is 11.7. The van der Waals surface area contributed by atoms with Gasteiger partial charge in [-0.2, -0.15) is 0 Å². The van der Waals surface area contributed by atoms with Gasteiger partial charge in [0.1, 0.15) is 17.4 Å². The molecule has 2 N–H and O–H groups in total. The third-order valence-corrected chi connectivity index (χ3v) is 3.03. The molecule has 0 fully saturated rings. The number of amides is 1. The monoisotopic (exact) mass is 309 g/mol. The van der Waals surface area contributed by atoms with Crippen LogP contribution in [0.25, 0.3) is 5.57 Å². The molecule has 6 heteroatoms. The molecular weight excluding hydrogens is 286 g/mol. The van der Waals surface area contributed by atoms with Crippen LogP contribution in [0.5, 0.6) is 0 Å². The number of ether oxygens (including phenoxy) is 1. The van der Waals surface area contributed by atoms with Crippen LogP contribution in [0.2, 0.25) is 0 Å². The van der Waals surface area contributed by atoms with E-state index in [1.54, 1.807) is 39.2 Å². The Labute approximate surface area is 130 Å². The first-order valence-electron chi connectivity index (χ1n) is 7.02. The zero-order chi connectivity index (χ0) is 16.9. The average Bonchev–Trinajstić information content (AvgIpc) is 2.88. The molecule has 0 aliphatic heterocycles. The fourth-order valence-corrected chi connectivity index (χ4v) is 1.81. The van der Waals surface area contributed by atoms with Crippen molar-refractivity contribution in [3.8, 4) is 0 Å². The van der Waals surface area contributed by atoms with E-state index in [9.17, 15) is 14.7 Å². The predicted molar refractivity (Wildman–Crippen MR) is 82.4 cm³/mol. The van der Waals surface area contributed by atoms with E-state index in [-0.39, 0.29) is 6.42 Å². The molecule has 0 aliphatic carbocycles. The smallest absolute Gasteiger partial charge is 0.408 e. The molecule has 1 rings (SSSR count). The molecule has 0 aliphatic rings. The zero-order valence-corrected chi connectivity index (χ0v) is 13.6. The van der Waals surface area contributed by atoms with Crippen molar-refractivity contribution >= 4 is 17.6 Å². The van der Waals surface area contributed by atoms with Crippen LogP contribution < -0.4 is 5.32 Å². The van der Waals surface area contributed by atoms with Crippen molar-refractivity contribution in [3.05, 3.63) is 29.7 Å². The number of carboxylic acids is 1. The number of carboxylic acid groups (broad SMARTS) is 1. The topological polar surface area (TPSA) is 88.8 Å². The van der Waals surface area contributed by atoms with Crippen molar-refractivity contribution in [2.45, 2.75) is 52.7 Å². The first-order valence-corrected chi connectivity index (χ1v) is 7.02. The molecule has 0 unspecified atom stereocenters. The van der Waals surface area contributed by atoms with Crippen LogP contribution in [0.15, 0.2) is 28.4 Å². The van der Waals surface area contributed by atoms with Crippen LogP contribution in [0.3, 0.4) is 0 Å². The first-order chi connectivity index (χ1) is 10.1. The highest BCUT2D eigenvalue weighted by atomic mass is 16.6. The van der Waals surface area contributed by atoms with E-state index in [1.165, 1.54) is 0 Å². The highest BCUT2D eigenvalue weighted by Crippen LogP contribution is 2.21. The van der Waals surface area contributed by atoms with Crippen LogP contribution in [0.1, 0.15) is 46.8 Å². The largest absolute Gasteiger partial charge is 0.480 e. The molecule has 6 nitrogen and oxygen atoms in total. The van der Waals surface area contributed by atoms with E-state index in [4.69, 9.17) is 9.15 Å². The Hall–Kier alpha value is -2.24. The Morgan fingerprint density at radius 1 is 1.36 bits per heavy atom. The molecule has 1 amide bonds. The molecule has 0 saturated carbocycles. The lowest BCUT2D eigenvalue weighted by Crippen LogP contribution is -2.43. The molecule has 1 aromatic heterocycles. The van der Waals surface area contributed by atoms with Crippen molar-refractivity contribution in [3.63, 3.8) is 0 Å². The van der Waals surface area contributed by atoms with Gasteiger partial charge in [-0.1, -0.05) is 5.57 Å². The summed E-state index contributed by atoms with van der Waals surface area (Å²) in [7, 11) is 0. The van der Waals surface area contributed by atoms with Crippen molar-refractivity contribution in [1.82, 2.24) is 5.32 Å². The van der Waals surface area contributed by atoms with Gasteiger partial charge >= 0.3 is 12.1 Å². The minimum Gasteiger partial charge on any atom is -0.480 e. The number of furan rings is 1. The molecular formula is C16H23NO5. The van der Waals surface area contributed by atoms with Crippen molar-refractivity contribution in [2.24, 2.45) is 0 Å². The lowest BCUT2D eigenvalue weighted by atomic mass is 10.0. The summed E-state index contributed by atoms with van der Waals surface area (Å²) in [5.74, 6) is -0.434. The van der Waals surface area contributed by atoms with Gasteiger partial charge in [-0.25, -0.2) is 9.59 Å². The van der Waals surface area contributed by atoms with E-state index in [1.807, 2.05) is 13.8 Å². The molecule has 122 valence electrons. The van der Waals surface area contributed by atoms with Gasteiger partial charge in [0.05, 0.1) is 6.26 Å². The van der Waals surface area contributed by atoms with Crippen LogP contribution >= 0.6 is 0 Å². The van der Waals surface area contributed by atoms with E-state index in [2.05, 4.69) is 5.32 Å².